The van der Waals surface area contributed by atoms with E-state index in [0.29, 0.717) is 0 Å². The molecule has 1 aliphatic rings. The van der Waals surface area contributed by atoms with E-state index < -0.39 is 17.8 Å². The molecule has 0 saturated heterocycles. The molecule has 1 heterocycles. The molecule has 0 spiro atoms. The van der Waals surface area contributed by atoms with Gasteiger partial charge < -0.3 is 5.32 Å². The number of aromatic nitrogens is 2. The zero-order valence-corrected chi connectivity index (χ0v) is 14.5. The molecule has 0 aliphatic heterocycles. The Bertz CT molecular complexity index is 991. The third-order valence-electron chi connectivity index (χ3n) is 4.57. The Balaban J connectivity index is 1.39. The Hall–Kier alpha value is -3.36. The maximum atomic E-state index is 12.7. The third kappa shape index (κ3) is 3.83. The average Bonchev–Trinajstić information content (AvgIpc) is 3.27. The number of nitrogens with one attached hydrogen (secondary N) is 2. The SMILES string of the molecule is O=C(Nc1cccc(C(F)(F)F)c1)Nc1c[n+](C2Cc3ccccc3C2)no1. The number of benzene rings is 2. The van der Waals surface area contributed by atoms with Gasteiger partial charge in [0.05, 0.1) is 5.56 Å². The van der Waals surface area contributed by atoms with Gasteiger partial charge in [-0.2, -0.15) is 13.2 Å². The van der Waals surface area contributed by atoms with Gasteiger partial charge in [0, 0.05) is 18.5 Å². The molecule has 6 nitrogen and oxygen atoms in total. The summed E-state index contributed by atoms with van der Waals surface area (Å²) in [5, 5.41) is 8.72. The molecule has 0 unspecified atom stereocenters. The van der Waals surface area contributed by atoms with Gasteiger partial charge in [-0.15, -0.1) is 0 Å². The largest absolute Gasteiger partial charge is 0.416 e. The maximum Gasteiger partial charge on any atom is 0.416 e. The topological polar surface area (TPSA) is 71.0 Å². The van der Waals surface area contributed by atoms with Gasteiger partial charge in [-0.1, -0.05) is 30.3 Å². The van der Waals surface area contributed by atoms with Crippen molar-refractivity contribution in [1.82, 2.24) is 5.27 Å². The number of carbonyl (C=O) groups excluding carboxylic acids is 1. The standard InChI is InChI=1S/C19H15F3N4O2/c20-19(21,22)14-6-3-7-15(10-14)23-18(27)24-17-11-26(25-28-17)16-8-12-4-1-2-5-13(12)9-16/h1-7,10-11,16H,8-9H2,(H-,23,24,25,27)/p+1. The predicted octanol–water partition coefficient (Wildman–Crippen LogP) is 3.96. The Labute approximate surface area is 157 Å². The molecule has 28 heavy (non-hydrogen) atoms. The first kappa shape index (κ1) is 18.0. The lowest BCUT2D eigenvalue weighted by Gasteiger charge is -2.09. The van der Waals surface area contributed by atoms with Crippen LogP contribution in [0.4, 0.5) is 29.5 Å². The molecule has 4 rings (SSSR count). The first-order chi connectivity index (χ1) is 13.4. The normalized spacial score (nSPS) is 14.0. The van der Waals surface area contributed by atoms with Crippen molar-refractivity contribution in [3.05, 3.63) is 71.4 Å². The highest BCUT2D eigenvalue weighted by Gasteiger charge is 2.32. The first-order valence-electron chi connectivity index (χ1n) is 8.59. The molecular formula is C19H16F3N4O2+. The molecule has 2 N–H and O–H groups in total. The van der Waals surface area contributed by atoms with E-state index >= 15 is 0 Å². The summed E-state index contributed by atoms with van der Waals surface area (Å²) in [4.78, 5) is 12.1. The highest BCUT2D eigenvalue weighted by molar-refractivity contribution is 5.98. The quantitative estimate of drug-likeness (QED) is 0.666. The van der Waals surface area contributed by atoms with Gasteiger partial charge in [-0.05, 0) is 34.0 Å². The monoisotopic (exact) mass is 389 g/mol. The number of amides is 2. The van der Waals surface area contributed by atoms with E-state index in [2.05, 4.69) is 28.0 Å². The first-order valence-corrected chi connectivity index (χ1v) is 8.59. The van der Waals surface area contributed by atoms with Crippen LogP contribution in [0, 0.1) is 0 Å². The maximum absolute atomic E-state index is 12.7. The summed E-state index contributed by atoms with van der Waals surface area (Å²) >= 11 is 0. The van der Waals surface area contributed by atoms with Gasteiger partial charge in [0.25, 0.3) is 6.20 Å². The van der Waals surface area contributed by atoms with Crippen LogP contribution in [-0.4, -0.2) is 11.3 Å². The second kappa shape index (κ2) is 6.99. The summed E-state index contributed by atoms with van der Waals surface area (Å²) in [5.74, 6) is 0.0976. The highest BCUT2D eigenvalue weighted by Crippen LogP contribution is 2.30. The molecule has 0 radical (unpaired) electrons. The van der Waals surface area contributed by atoms with Crippen molar-refractivity contribution < 1.29 is 27.2 Å². The van der Waals surface area contributed by atoms with E-state index in [4.69, 9.17) is 4.52 Å². The minimum Gasteiger partial charge on any atom is -0.308 e. The lowest BCUT2D eigenvalue weighted by atomic mass is 10.1. The molecule has 3 aromatic rings. The van der Waals surface area contributed by atoms with E-state index in [1.165, 1.54) is 23.3 Å². The summed E-state index contributed by atoms with van der Waals surface area (Å²) in [6.45, 7) is 0. The molecular weight excluding hydrogens is 373 g/mol. The number of carbonyl (C=O) groups is 1. The summed E-state index contributed by atoms with van der Waals surface area (Å²) in [6.07, 6.45) is -1.31. The molecule has 2 aromatic carbocycles. The van der Waals surface area contributed by atoms with Crippen LogP contribution in [0.1, 0.15) is 22.7 Å². The van der Waals surface area contributed by atoms with Crippen LogP contribution in [0.5, 0.6) is 0 Å². The smallest absolute Gasteiger partial charge is 0.308 e. The zero-order valence-electron chi connectivity index (χ0n) is 14.5. The van der Waals surface area contributed by atoms with Crippen molar-refractivity contribution in [1.29, 1.82) is 0 Å². The zero-order chi connectivity index (χ0) is 19.7. The van der Waals surface area contributed by atoms with Gasteiger partial charge in [-0.3, -0.25) is 9.84 Å². The van der Waals surface area contributed by atoms with Crippen molar-refractivity contribution in [3.8, 4) is 0 Å². The van der Waals surface area contributed by atoms with Gasteiger partial charge in [0.1, 0.15) is 0 Å². The Morgan fingerprint density at radius 1 is 1.07 bits per heavy atom. The fraction of sp³-hybridized carbons (Fsp3) is 0.211. The van der Waals surface area contributed by atoms with Crippen LogP contribution < -0.4 is 15.3 Å². The van der Waals surface area contributed by atoms with Crippen molar-refractivity contribution in [2.24, 2.45) is 0 Å². The van der Waals surface area contributed by atoms with Crippen molar-refractivity contribution >= 4 is 17.6 Å². The van der Waals surface area contributed by atoms with Gasteiger partial charge in [0.15, 0.2) is 6.04 Å². The van der Waals surface area contributed by atoms with Gasteiger partial charge >= 0.3 is 18.1 Å². The number of alkyl halides is 3. The van der Waals surface area contributed by atoms with Crippen LogP contribution in [0.25, 0.3) is 0 Å². The number of rotatable bonds is 3. The van der Waals surface area contributed by atoms with E-state index in [0.717, 1.165) is 25.0 Å². The molecule has 1 aromatic heterocycles. The molecule has 0 fully saturated rings. The molecule has 0 saturated carbocycles. The fourth-order valence-electron chi connectivity index (χ4n) is 3.26. The van der Waals surface area contributed by atoms with E-state index in [9.17, 15) is 18.0 Å². The van der Waals surface area contributed by atoms with Crippen LogP contribution in [-0.2, 0) is 19.0 Å². The van der Waals surface area contributed by atoms with Crippen LogP contribution in [0.2, 0.25) is 0 Å². The van der Waals surface area contributed by atoms with E-state index in [1.54, 1.807) is 10.9 Å². The number of nitrogens with zero attached hydrogens (tertiary/aromatic N) is 2. The summed E-state index contributed by atoms with van der Waals surface area (Å²) in [5.41, 5.74) is 1.68. The number of halogens is 3. The van der Waals surface area contributed by atoms with E-state index in [1.807, 2.05) is 12.1 Å². The number of anilines is 2. The second-order valence-corrected chi connectivity index (χ2v) is 6.53. The number of hydrogen-bond donors (Lipinski definition) is 2. The summed E-state index contributed by atoms with van der Waals surface area (Å²) in [7, 11) is 0. The van der Waals surface area contributed by atoms with Crippen LogP contribution >= 0.6 is 0 Å². The van der Waals surface area contributed by atoms with Crippen molar-refractivity contribution in [2.45, 2.75) is 25.1 Å². The van der Waals surface area contributed by atoms with Crippen molar-refractivity contribution in [3.63, 3.8) is 0 Å². The summed E-state index contributed by atoms with van der Waals surface area (Å²) < 4.78 is 45.0. The van der Waals surface area contributed by atoms with Gasteiger partial charge in [0.2, 0.25) is 5.27 Å². The Kier molecular flexibility index (Phi) is 4.50. The molecule has 144 valence electrons. The molecule has 0 atom stereocenters. The third-order valence-corrected chi connectivity index (χ3v) is 4.57. The predicted molar refractivity (Wildman–Crippen MR) is 93.7 cm³/mol. The van der Waals surface area contributed by atoms with Crippen molar-refractivity contribution in [2.75, 3.05) is 10.6 Å². The Morgan fingerprint density at radius 2 is 1.79 bits per heavy atom. The van der Waals surface area contributed by atoms with Gasteiger partial charge in [-0.25, -0.2) is 4.79 Å². The van der Waals surface area contributed by atoms with Crippen LogP contribution in [0.3, 0.4) is 0 Å². The lowest BCUT2D eigenvalue weighted by molar-refractivity contribution is -0.783. The minimum absolute atomic E-state index is 0.0194. The Morgan fingerprint density at radius 3 is 2.46 bits per heavy atom. The molecule has 9 heteroatoms. The number of urea groups is 1. The molecule has 0 bridgehead atoms. The summed E-state index contributed by atoms with van der Waals surface area (Å²) in [6, 6.07) is 11.8. The number of hydrogen-bond acceptors (Lipinski definition) is 3. The second-order valence-electron chi connectivity index (χ2n) is 6.53. The number of fused-ring (bicyclic) bond motifs is 1. The minimum atomic E-state index is -4.48. The van der Waals surface area contributed by atoms with Crippen LogP contribution in [0.15, 0.2) is 59.3 Å². The lowest BCUT2D eigenvalue weighted by Crippen LogP contribution is -2.41. The molecule has 1 aliphatic carbocycles. The fourth-order valence-corrected chi connectivity index (χ4v) is 3.26. The highest BCUT2D eigenvalue weighted by atomic mass is 19.4. The average molecular weight is 389 g/mol. The van der Waals surface area contributed by atoms with E-state index in [-0.39, 0.29) is 17.6 Å². The molecule has 2 amide bonds.